The van der Waals surface area contributed by atoms with E-state index in [4.69, 9.17) is 15.0 Å². The van der Waals surface area contributed by atoms with Crippen molar-refractivity contribution < 1.29 is 9.26 Å². The van der Waals surface area contributed by atoms with E-state index < -0.39 is 0 Å². The molecule has 1 aromatic heterocycles. The van der Waals surface area contributed by atoms with Crippen LogP contribution < -0.4 is 10.5 Å². The minimum atomic E-state index is 0.464. The highest BCUT2D eigenvalue weighted by atomic mass is 16.5. The quantitative estimate of drug-likeness (QED) is 0.826. The topological polar surface area (TPSA) is 61.3 Å². The maximum absolute atomic E-state index is 5.74. The Morgan fingerprint density at radius 2 is 2.06 bits per heavy atom. The number of nitrogens with two attached hydrogens (primary N) is 1. The molecule has 0 saturated heterocycles. The van der Waals surface area contributed by atoms with E-state index in [1.54, 1.807) is 0 Å². The van der Waals surface area contributed by atoms with Crippen molar-refractivity contribution >= 4 is 5.69 Å². The number of benzene rings is 1. The average Bonchev–Trinajstić information content (AvgIpc) is 2.58. The van der Waals surface area contributed by atoms with E-state index >= 15 is 0 Å². The van der Waals surface area contributed by atoms with Crippen molar-refractivity contribution in [3.63, 3.8) is 0 Å². The molecule has 17 heavy (non-hydrogen) atoms. The van der Waals surface area contributed by atoms with Gasteiger partial charge in [-0.25, -0.2) is 0 Å². The van der Waals surface area contributed by atoms with Crippen molar-refractivity contribution in [2.45, 2.75) is 27.4 Å². The van der Waals surface area contributed by atoms with Crippen LogP contribution in [0.1, 0.15) is 22.6 Å². The van der Waals surface area contributed by atoms with Crippen molar-refractivity contribution in [1.29, 1.82) is 0 Å². The van der Waals surface area contributed by atoms with E-state index in [2.05, 4.69) is 5.16 Å². The van der Waals surface area contributed by atoms with Gasteiger partial charge in [-0.05, 0) is 44.5 Å². The van der Waals surface area contributed by atoms with E-state index in [1.807, 2.05) is 39.0 Å². The summed E-state index contributed by atoms with van der Waals surface area (Å²) in [6.07, 6.45) is 0. The van der Waals surface area contributed by atoms with Gasteiger partial charge in [0.05, 0.1) is 11.3 Å². The fraction of sp³-hybridized carbons (Fsp3) is 0.308. The van der Waals surface area contributed by atoms with Gasteiger partial charge in [0.2, 0.25) is 0 Å². The van der Waals surface area contributed by atoms with Crippen LogP contribution in [0.25, 0.3) is 0 Å². The fourth-order valence-electron chi connectivity index (χ4n) is 1.69. The highest BCUT2D eigenvalue weighted by molar-refractivity contribution is 5.47. The second kappa shape index (κ2) is 4.49. The van der Waals surface area contributed by atoms with Crippen molar-refractivity contribution in [1.82, 2.24) is 5.16 Å². The molecule has 0 spiro atoms. The monoisotopic (exact) mass is 232 g/mol. The van der Waals surface area contributed by atoms with Crippen LogP contribution in [-0.4, -0.2) is 5.16 Å². The minimum Gasteiger partial charge on any atom is -0.488 e. The summed E-state index contributed by atoms with van der Waals surface area (Å²) < 4.78 is 10.8. The molecule has 90 valence electrons. The lowest BCUT2D eigenvalue weighted by molar-refractivity contribution is 0.300. The van der Waals surface area contributed by atoms with Gasteiger partial charge in [-0.3, -0.25) is 0 Å². The zero-order valence-corrected chi connectivity index (χ0v) is 10.3. The van der Waals surface area contributed by atoms with Crippen molar-refractivity contribution in [2.75, 3.05) is 5.73 Å². The van der Waals surface area contributed by atoms with E-state index in [0.29, 0.717) is 6.61 Å². The predicted molar refractivity (Wildman–Crippen MR) is 65.9 cm³/mol. The number of nitrogen functional groups attached to an aromatic ring is 1. The number of aromatic nitrogens is 1. The first kappa shape index (κ1) is 11.5. The first-order valence-electron chi connectivity index (χ1n) is 5.48. The summed E-state index contributed by atoms with van der Waals surface area (Å²) >= 11 is 0. The maximum atomic E-state index is 5.74. The number of nitrogens with zero attached hydrogens (tertiary/aromatic N) is 1. The number of hydrogen-bond acceptors (Lipinski definition) is 4. The summed E-state index contributed by atoms with van der Waals surface area (Å²) in [7, 11) is 0. The standard InChI is InChI=1S/C13H16N2O2/c1-8-6-11(14)4-5-13(8)16-7-12-9(2)15-17-10(12)3/h4-6H,7,14H2,1-3H3. The van der Waals surface area contributed by atoms with E-state index in [9.17, 15) is 0 Å². The molecule has 2 aromatic rings. The Hall–Kier alpha value is -1.97. The van der Waals surface area contributed by atoms with Gasteiger partial charge in [0.1, 0.15) is 18.1 Å². The molecule has 0 atom stereocenters. The molecule has 2 rings (SSSR count). The molecule has 0 amide bonds. The van der Waals surface area contributed by atoms with Gasteiger partial charge < -0.3 is 15.0 Å². The molecule has 0 radical (unpaired) electrons. The van der Waals surface area contributed by atoms with Crippen LogP contribution in [0.5, 0.6) is 5.75 Å². The zero-order valence-electron chi connectivity index (χ0n) is 10.3. The molecule has 2 N–H and O–H groups in total. The third-order valence-electron chi connectivity index (χ3n) is 2.75. The molecule has 0 aliphatic heterocycles. The lowest BCUT2D eigenvalue weighted by Crippen LogP contribution is -1.99. The molecule has 0 aliphatic carbocycles. The first-order chi connectivity index (χ1) is 8.08. The molecule has 0 saturated carbocycles. The van der Waals surface area contributed by atoms with Crippen LogP contribution in [0, 0.1) is 20.8 Å². The average molecular weight is 232 g/mol. The van der Waals surface area contributed by atoms with Crippen LogP contribution in [0.4, 0.5) is 5.69 Å². The number of ether oxygens (including phenoxy) is 1. The Morgan fingerprint density at radius 3 is 2.65 bits per heavy atom. The highest BCUT2D eigenvalue weighted by Gasteiger charge is 2.10. The number of aryl methyl sites for hydroxylation is 3. The lowest BCUT2D eigenvalue weighted by atomic mass is 10.2. The Morgan fingerprint density at radius 1 is 1.29 bits per heavy atom. The normalized spacial score (nSPS) is 10.5. The summed E-state index contributed by atoms with van der Waals surface area (Å²) in [5.41, 5.74) is 9.33. The first-order valence-corrected chi connectivity index (χ1v) is 5.48. The Balaban J connectivity index is 2.13. The van der Waals surface area contributed by atoms with E-state index in [0.717, 1.165) is 34.0 Å². The second-order valence-corrected chi connectivity index (χ2v) is 4.12. The van der Waals surface area contributed by atoms with Crippen LogP contribution in [0.3, 0.4) is 0 Å². The van der Waals surface area contributed by atoms with Crippen molar-refractivity contribution in [3.05, 3.63) is 40.8 Å². The summed E-state index contributed by atoms with van der Waals surface area (Å²) in [5.74, 6) is 1.63. The van der Waals surface area contributed by atoms with E-state index in [1.165, 1.54) is 0 Å². The maximum Gasteiger partial charge on any atom is 0.140 e. The number of anilines is 1. The molecule has 1 aromatic carbocycles. The van der Waals surface area contributed by atoms with Gasteiger partial charge in [0.15, 0.2) is 0 Å². The van der Waals surface area contributed by atoms with Gasteiger partial charge in [0.25, 0.3) is 0 Å². The Bertz CT molecular complexity index is 513. The van der Waals surface area contributed by atoms with Crippen LogP contribution in [0.15, 0.2) is 22.7 Å². The largest absolute Gasteiger partial charge is 0.488 e. The minimum absolute atomic E-state index is 0.464. The third kappa shape index (κ3) is 2.41. The van der Waals surface area contributed by atoms with E-state index in [-0.39, 0.29) is 0 Å². The van der Waals surface area contributed by atoms with Crippen molar-refractivity contribution in [2.24, 2.45) is 0 Å². The fourth-order valence-corrected chi connectivity index (χ4v) is 1.69. The number of hydrogen-bond donors (Lipinski definition) is 1. The summed E-state index contributed by atoms with van der Waals surface area (Å²) in [4.78, 5) is 0. The molecule has 0 aliphatic rings. The van der Waals surface area contributed by atoms with Crippen LogP contribution >= 0.6 is 0 Å². The third-order valence-corrected chi connectivity index (χ3v) is 2.75. The zero-order chi connectivity index (χ0) is 12.4. The van der Waals surface area contributed by atoms with Crippen molar-refractivity contribution in [3.8, 4) is 5.75 Å². The SMILES string of the molecule is Cc1cc(N)ccc1OCc1c(C)noc1C. The van der Waals surface area contributed by atoms with Crippen LogP contribution in [-0.2, 0) is 6.61 Å². The van der Waals surface area contributed by atoms with Gasteiger partial charge in [-0.2, -0.15) is 0 Å². The lowest BCUT2D eigenvalue weighted by Gasteiger charge is -2.09. The molecular weight excluding hydrogens is 216 g/mol. The molecule has 4 heteroatoms. The van der Waals surface area contributed by atoms with Gasteiger partial charge >= 0.3 is 0 Å². The molecule has 1 heterocycles. The van der Waals surface area contributed by atoms with Gasteiger partial charge in [-0.15, -0.1) is 0 Å². The molecule has 0 bridgehead atoms. The Labute approximate surface area is 100 Å². The smallest absolute Gasteiger partial charge is 0.140 e. The highest BCUT2D eigenvalue weighted by Crippen LogP contribution is 2.22. The van der Waals surface area contributed by atoms with Crippen LogP contribution in [0.2, 0.25) is 0 Å². The predicted octanol–water partition coefficient (Wildman–Crippen LogP) is 2.76. The Kier molecular flexibility index (Phi) is 3.04. The molecule has 0 fully saturated rings. The summed E-state index contributed by atoms with van der Waals surface area (Å²) in [6, 6.07) is 5.60. The van der Waals surface area contributed by atoms with Gasteiger partial charge in [-0.1, -0.05) is 5.16 Å². The molecule has 0 unspecified atom stereocenters. The summed E-state index contributed by atoms with van der Waals surface area (Å²) in [6.45, 7) is 6.23. The second-order valence-electron chi connectivity index (χ2n) is 4.12. The molecule has 4 nitrogen and oxygen atoms in total. The van der Waals surface area contributed by atoms with Gasteiger partial charge in [0, 0.05) is 5.69 Å². The summed E-state index contributed by atoms with van der Waals surface area (Å²) in [5, 5.41) is 3.89. The molecular formula is C13H16N2O2. The number of rotatable bonds is 3.